The predicted molar refractivity (Wildman–Crippen MR) is 92.9 cm³/mol. The van der Waals surface area contributed by atoms with Gasteiger partial charge < -0.3 is 4.74 Å². The third-order valence-corrected chi connectivity index (χ3v) is 4.10. The summed E-state index contributed by atoms with van der Waals surface area (Å²) in [5.74, 6) is 0.807. The van der Waals surface area contributed by atoms with Crippen LogP contribution in [-0.2, 0) is 0 Å². The maximum absolute atomic E-state index is 5.32. The second-order valence-electron chi connectivity index (χ2n) is 5.55. The first kappa shape index (κ1) is 14.4. The number of pyridine rings is 1. The minimum atomic E-state index is 0.807. The molecule has 0 bridgehead atoms. The number of fused-ring (bicyclic) bond motifs is 1. The molecular formula is C19H16N4O. The van der Waals surface area contributed by atoms with E-state index in [1.54, 1.807) is 19.5 Å². The maximum atomic E-state index is 5.32. The van der Waals surface area contributed by atoms with Crippen molar-refractivity contribution in [2.24, 2.45) is 0 Å². The summed E-state index contributed by atoms with van der Waals surface area (Å²) in [6.45, 7) is 2.07. The second kappa shape index (κ2) is 5.77. The third-order valence-electron chi connectivity index (χ3n) is 4.10. The van der Waals surface area contributed by atoms with E-state index in [0.29, 0.717) is 0 Å². The number of benzene rings is 1. The van der Waals surface area contributed by atoms with E-state index in [0.717, 1.165) is 39.3 Å². The summed E-state index contributed by atoms with van der Waals surface area (Å²) in [4.78, 5) is 8.84. The highest BCUT2D eigenvalue weighted by Gasteiger charge is 2.13. The van der Waals surface area contributed by atoms with Crippen LogP contribution < -0.4 is 4.74 Å². The zero-order valence-corrected chi connectivity index (χ0v) is 13.5. The number of aryl methyl sites for hydroxylation is 1. The fourth-order valence-electron chi connectivity index (χ4n) is 2.83. The molecule has 4 aromatic rings. The Hall–Kier alpha value is -3.21. The van der Waals surface area contributed by atoms with Crippen molar-refractivity contribution in [1.82, 2.24) is 19.6 Å². The monoisotopic (exact) mass is 316 g/mol. The molecule has 0 aliphatic carbocycles. The Morgan fingerprint density at radius 3 is 2.75 bits per heavy atom. The lowest BCUT2D eigenvalue weighted by Crippen LogP contribution is -1.97. The van der Waals surface area contributed by atoms with Crippen LogP contribution in [0.25, 0.3) is 28.0 Å². The van der Waals surface area contributed by atoms with Crippen molar-refractivity contribution < 1.29 is 4.74 Å². The molecule has 0 spiro atoms. The van der Waals surface area contributed by atoms with Crippen LogP contribution in [0.1, 0.15) is 5.56 Å². The molecule has 0 fully saturated rings. The average molecular weight is 316 g/mol. The van der Waals surface area contributed by atoms with Crippen LogP contribution in [0.5, 0.6) is 5.75 Å². The molecule has 0 radical (unpaired) electrons. The summed E-state index contributed by atoms with van der Waals surface area (Å²) in [7, 11) is 1.66. The van der Waals surface area contributed by atoms with Gasteiger partial charge in [0.15, 0.2) is 5.65 Å². The number of rotatable bonds is 3. The molecule has 0 unspecified atom stereocenters. The standard InChI is InChI=1S/C19H16N4O/c1-13-6-8-20-11-17(13)16-7-9-22-23-18(12-21-19(16)23)14-4-3-5-15(10-14)24-2/h3-12H,1-2H3. The number of aromatic nitrogens is 4. The van der Waals surface area contributed by atoms with Crippen LogP contribution >= 0.6 is 0 Å². The molecule has 4 rings (SSSR count). The molecule has 118 valence electrons. The van der Waals surface area contributed by atoms with Crippen LogP contribution in [0.3, 0.4) is 0 Å². The fraction of sp³-hybridized carbons (Fsp3) is 0.105. The quantitative estimate of drug-likeness (QED) is 0.577. The van der Waals surface area contributed by atoms with E-state index in [1.807, 2.05) is 53.3 Å². The van der Waals surface area contributed by atoms with Crippen molar-refractivity contribution in [1.29, 1.82) is 0 Å². The predicted octanol–water partition coefficient (Wildman–Crippen LogP) is 3.78. The number of nitrogens with zero attached hydrogens (tertiary/aromatic N) is 4. The fourth-order valence-corrected chi connectivity index (χ4v) is 2.83. The summed E-state index contributed by atoms with van der Waals surface area (Å²) in [6, 6.07) is 11.9. The van der Waals surface area contributed by atoms with E-state index in [2.05, 4.69) is 22.0 Å². The summed E-state index contributed by atoms with van der Waals surface area (Å²) in [6.07, 6.45) is 7.29. The molecule has 0 atom stereocenters. The molecule has 0 amide bonds. The molecule has 0 saturated carbocycles. The largest absolute Gasteiger partial charge is 0.497 e. The van der Waals surface area contributed by atoms with Crippen molar-refractivity contribution >= 4 is 5.65 Å². The van der Waals surface area contributed by atoms with Crippen LogP contribution in [-0.4, -0.2) is 26.7 Å². The smallest absolute Gasteiger partial charge is 0.162 e. The zero-order chi connectivity index (χ0) is 16.5. The minimum absolute atomic E-state index is 0.807. The van der Waals surface area contributed by atoms with Crippen LogP contribution in [0.2, 0.25) is 0 Å². The van der Waals surface area contributed by atoms with Gasteiger partial charge in [0.25, 0.3) is 0 Å². The Balaban J connectivity index is 1.92. The molecule has 1 aromatic carbocycles. The zero-order valence-electron chi connectivity index (χ0n) is 13.5. The lowest BCUT2D eigenvalue weighted by atomic mass is 10.1. The average Bonchev–Trinajstić information content (AvgIpc) is 3.06. The van der Waals surface area contributed by atoms with Gasteiger partial charge in [-0.2, -0.15) is 5.10 Å². The van der Waals surface area contributed by atoms with Gasteiger partial charge in [-0.05, 0) is 36.8 Å². The van der Waals surface area contributed by atoms with E-state index in [4.69, 9.17) is 4.74 Å². The molecule has 5 nitrogen and oxygen atoms in total. The summed E-state index contributed by atoms with van der Waals surface area (Å²) >= 11 is 0. The third kappa shape index (κ3) is 2.31. The van der Waals surface area contributed by atoms with E-state index in [1.165, 1.54) is 0 Å². The molecule has 5 heteroatoms. The van der Waals surface area contributed by atoms with Gasteiger partial charge in [-0.3, -0.25) is 4.98 Å². The van der Waals surface area contributed by atoms with Gasteiger partial charge >= 0.3 is 0 Å². The highest BCUT2D eigenvalue weighted by atomic mass is 16.5. The lowest BCUT2D eigenvalue weighted by Gasteiger charge is -2.07. The topological polar surface area (TPSA) is 52.3 Å². The normalized spacial score (nSPS) is 10.9. The Morgan fingerprint density at radius 1 is 1.00 bits per heavy atom. The first-order valence-electron chi connectivity index (χ1n) is 7.66. The first-order chi connectivity index (χ1) is 11.8. The van der Waals surface area contributed by atoms with Crippen LogP contribution in [0.4, 0.5) is 0 Å². The molecule has 0 aliphatic heterocycles. The summed E-state index contributed by atoms with van der Waals surface area (Å²) in [5.41, 5.74) is 5.98. The molecular weight excluding hydrogens is 300 g/mol. The van der Waals surface area contributed by atoms with E-state index >= 15 is 0 Å². The Labute approximate surface area is 139 Å². The van der Waals surface area contributed by atoms with Gasteiger partial charge in [-0.1, -0.05) is 12.1 Å². The molecule has 0 N–H and O–H groups in total. The van der Waals surface area contributed by atoms with Crippen molar-refractivity contribution in [2.75, 3.05) is 7.11 Å². The minimum Gasteiger partial charge on any atom is -0.497 e. The highest BCUT2D eigenvalue weighted by molar-refractivity contribution is 5.80. The van der Waals surface area contributed by atoms with E-state index in [-0.39, 0.29) is 0 Å². The molecule has 0 aliphatic rings. The molecule has 3 aromatic heterocycles. The van der Waals surface area contributed by atoms with Gasteiger partial charge in [0.1, 0.15) is 5.75 Å². The Kier molecular flexibility index (Phi) is 3.46. The molecule has 3 heterocycles. The SMILES string of the molecule is COc1cccc(-c2cnc3c(-c4cnccc4C)ccnn23)c1. The van der Waals surface area contributed by atoms with E-state index < -0.39 is 0 Å². The van der Waals surface area contributed by atoms with Gasteiger partial charge in [0, 0.05) is 35.3 Å². The van der Waals surface area contributed by atoms with Crippen molar-refractivity contribution in [2.45, 2.75) is 6.92 Å². The Morgan fingerprint density at radius 2 is 1.92 bits per heavy atom. The van der Waals surface area contributed by atoms with Gasteiger partial charge in [0.05, 0.1) is 19.0 Å². The number of hydrogen-bond acceptors (Lipinski definition) is 4. The Bertz CT molecular complexity index is 1020. The lowest BCUT2D eigenvalue weighted by molar-refractivity contribution is 0.415. The molecule has 0 saturated heterocycles. The van der Waals surface area contributed by atoms with Crippen molar-refractivity contribution in [3.8, 4) is 28.1 Å². The van der Waals surface area contributed by atoms with Gasteiger partial charge in [-0.15, -0.1) is 0 Å². The van der Waals surface area contributed by atoms with Gasteiger partial charge in [-0.25, -0.2) is 9.50 Å². The maximum Gasteiger partial charge on any atom is 0.162 e. The summed E-state index contributed by atoms with van der Waals surface area (Å²) in [5, 5.41) is 4.48. The van der Waals surface area contributed by atoms with Crippen molar-refractivity contribution in [3.63, 3.8) is 0 Å². The van der Waals surface area contributed by atoms with Gasteiger partial charge in [0.2, 0.25) is 0 Å². The second-order valence-corrected chi connectivity index (χ2v) is 5.55. The number of ether oxygens (including phenoxy) is 1. The number of hydrogen-bond donors (Lipinski definition) is 0. The van der Waals surface area contributed by atoms with E-state index in [9.17, 15) is 0 Å². The summed E-state index contributed by atoms with van der Waals surface area (Å²) < 4.78 is 7.17. The van der Waals surface area contributed by atoms with Crippen LogP contribution in [0, 0.1) is 6.92 Å². The van der Waals surface area contributed by atoms with Crippen molar-refractivity contribution in [3.05, 3.63) is 66.7 Å². The number of imidazole rings is 1. The van der Waals surface area contributed by atoms with Crippen LogP contribution in [0.15, 0.2) is 61.2 Å². The first-order valence-corrected chi connectivity index (χ1v) is 7.66. The number of methoxy groups -OCH3 is 1. The molecule has 24 heavy (non-hydrogen) atoms. The highest BCUT2D eigenvalue weighted by Crippen LogP contribution is 2.29.